The smallest absolute Gasteiger partial charge is 0.148 e. The minimum Gasteiger partial charge on any atom is -0.455 e. The highest BCUT2D eigenvalue weighted by Crippen LogP contribution is 2.22. The molecule has 1 aromatic heterocycles. The van der Waals surface area contributed by atoms with E-state index in [1.165, 1.54) is 0 Å². The Morgan fingerprint density at radius 1 is 0.950 bits per heavy atom. The number of hydrogen-bond donors (Lipinski definition) is 0. The maximum Gasteiger partial charge on any atom is 0.148 e. The summed E-state index contributed by atoms with van der Waals surface area (Å²) < 4.78 is 5.75. The number of hydrazone groups is 2. The molecule has 0 spiro atoms. The second-order valence-corrected chi connectivity index (χ2v) is 5.08. The largest absolute Gasteiger partial charge is 0.455 e. The monoisotopic (exact) mass is 272 g/mol. The van der Waals surface area contributed by atoms with Crippen molar-refractivity contribution in [2.45, 2.75) is 6.92 Å². The molecule has 2 rings (SSSR count). The summed E-state index contributed by atoms with van der Waals surface area (Å²) in [6, 6.07) is 6.09. The van der Waals surface area contributed by atoms with Gasteiger partial charge < -0.3 is 14.4 Å². The molecule has 5 nitrogen and oxygen atoms in total. The summed E-state index contributed by atoms with van der Waals surface area (Å²) in [6.45, 7) is 2.05. The Morgan fingerprint density at radius 2 is 1.60 bits per heavy atom. The minimum atomic E-state index is 0.745. The molecule has 1 heterocycles. The van der Waals surface area contributed by atoms with Gasteiger partial charge in [0.15, 0.2) is 0 Å². The van der Waals surface area contributed by atoms with E-state index in [1.807, 2.05) is 53.5 Å². The number of nitrogens with zero attached hydrogens (tertiary/aromatic N) is 4. The molecule has 0 radical (unpaired) electrons. The average Bonchev–Trinajstić information content (AvgIpc) is 2.75. The fourth-order valence-electron chi connectivity index (χ4n) is 1.78. The van der Waals surface area contributed by atoms with Crippen molar-refractivity contribution in [3.63, 3.8) is 0 Å². The van der Waals surface area contributed by atoms with Crippen molar-refractivity contribution in [1.29, 1.82) is 0 Å². The highest BCUT2D eigenvalue weighted by Gasteiger charge is 2.05. The van der Waals surface area contributed by atoms with Crippen LogP contribution in [0, 0.1) is 6.92 Å². The molecule has 0 atom stereocenters. The SMILES string of the molecule is Cc1cc2oc(/C=N\N(C)C)cc2cc1/C=N\N(C)C. The summed E-state index contributed by atoms with van der Waals surface area (Å²) >= 11 is 0. The molecule has 0 N–H and O–H groups in total. The summed E-state index contributed by atoms with van der Waals surface area (Å²) in [7, 11) is 7.55. The van der Waals surface area contributed by atoms with Gasteiger partial charge in [-0.1, -0.05) is 0 Å². The van der Waals surface area contributed by atoms with E-state index in [4.69, 9.17) is 4.42 Å². The van der Waals surface area contributed by atoms with E-state index in [0.29, 0.717) is 0 Å². The Hall–Kier alpha value is -2.30. The van der Waals surface area contributed by atoms with Crippen LogP contribution in [0.2, 0.25) is 0 Å². The van der Waals surface area contributed by atoms with E-state index >= 15 is 0 Å². The lowest BCUT2D eigenvalue weighted by atomic mass is 10.1. The third-order valence-corrected chi connectivity index (χ3v) is 2.77. The second kappa shape index (κ2) is 5.77. The van der Waals surface area contributed by atoms with Gasteiger partial charge in [0.1, 0.15) is 11.3 Å². The van der Waals surface area contributed by atoms with Crippen LogP contribution < -0.4 is 0 Å². The second-order valence-electron chi connectivity index (χ2n) is 5.08. The Balaban J connectivity index is 2.38. The quantitative estimate of drug-likeness (QED) is 0.634. The van der Waals surface area contributed by atoms with E-state index in [0.717, 1.165) is 27.9 Å². The number of rotatable bonds is 4. The minimum absolute atomic E-state index is 0.745. The van der Waals surface area contributed by atoms with E-state index in [2.05, 4.69) is 16.3 Å². The van der Waals surface area contributed by atoms with Crippen LogP contribution in [-0.4, -0.2) is 50.6 Å². The predicted octanol–water partition coefficient (Wildman–Crippen LogP) is 2.53. The Labute approximate surface area is 119 Å². The molecule has 5 heteroatoms. The Bertz CT molecular complexity index is 653. The molecule has 0 saturated carbocycles. The van der Waals surface area contributed by atoms with Gasteiger partial charge in [0, 0.05) is 33.6 Å². The average molecular weight is 272 g/mol. The van der Waals surface area contributed by atoms with Crippen molar-refractivity contribution in [2.24, 2.45) is 10.2 Å². The van der Waals surface area contributed by atoms with Crippen LogP contribution in [0.5, 0.6) is 0 Å². The topological polar surface area (TPSA) is 44.3 Å². The zero-order valence-electron chi connectivity index (χ0n) is 12.6. The molecular formula is C15H20N4O. The number of fused-ring (bicyclic) bond motifs is 1. The van der Waals surface area contributed by atoms with Crippen LogP contribution in [0.15, 0.2) is 32.8 Å². The van der Waals surface area contributed by atoms with Gasteiger partial charge in [-0.2, -0.15) is 10.2 Å². The molecule has 0 saturated heterocycles. The predicted molar refractivity (Wildman–Crippen MR) is 83.5 cm³/mol. The Kier molecular flexibility index (Phi) is 4.08. The first kappa shape index (κ1) is 14.1. The lowest BCUT2D eigenvalue weighted by molar-refractivity contribution is 0.438. The number of furan rings is 1. The number of aryl methyl sites for hydroxylation is 1. The lowest BCUT2D eigenvalue weighted by Crippen LogP contribution is -2.02. The van der Waals surface area contributed by atoms with Gasteiger partial charge in [0.05, 0.1) is 12.4 Å². The van der Waals surface area contributed by atoms with Crippen molar-refractivity contribution >= 4 is 23.4 Å². The molecule has 2 aromatic rings. The lowest BCUT2D eigenvalue weighted by Gasteiger charge is -2.04. The maximum atomic E-state index is 5.75. The molecule has 0 amide bonds. The zero-order chi connectivity index (χ0) is 14.7. The summed E-state index contributed by atoms with van der Waals surface area (Å²) in [4.78, 5) is 0. The molecule has 0 aliphatic carbocycles. The standard InChI is InChI=1S/C15H20N4O/c1-11-6-15-12(7-13(11)9-16-18(2)3)8-14(20-15)10-17-19(4)5/h6-10H,1-5H3/b16-9-,17-10-. The third-order valence-electron chi connectivity index (χ3n) is 2.77. The van der Waals surface area contributed by atoms with E-state index in [-0.39, 0.29) is 0 Å². The van der Waals surface area contributed by atoms with Gasteiger partial charge in [-0.3, -0.25) is 0 Å². The van der Waals surface area contributed by atoms with Crippen LogP contribution in [0.25, 0.3) is 11.0 Å². The highest BCUT2D eigenvalue weighted by atomic mass is 16.3. The van der Waals surface area contributed by atoms with Crippen molar-refractivity contribution in [3.8, 4) is 0 Å². The molecule has 0 bridgehead atoms. The molecule has 0 aliphatic rings. The van der Waals surface area contributed by atoms with E-state index in [9.17, 15) is 0 Å². The van der Waals surface area contributed by atoms with Gasteiger partial charge in [-0.05, 0) is 36.2 Å². The fraction of sp³-hybridized carbons (Fsp3) is 0.333. The van der Waals surface area contributed by atoms with Gasteiger partial charge in [0.2, 0.25) is 0 Å². The van der Waals surface area contributed by atoms with Crippen LogP contribution in [-0.2, 0) is 0 Å². The van der Waals surface area contributed by atoms with Gasteiger partial charge in [-0.15, -0.1) is 0 Å². The first-order valence-corrected chi connectivity index (χ1v) is 6.42. The summed E-state index contributed by atoms with van der Waals surface area (Å²) in [5, 5.41) is 13.0. The molecule has 20 heavy (non-hydrogen) atoms. The van der Waals surface area contributed by atoms with Crippen LogP contribution in [0.1, 0.15) is 16.9 Å². The van der Waals surface area contributed by atoms with Crippen LogP contribution >= 0.6 is 0 Å². The van der Waals surface area contributed by atoms with Gasteiger partial charge in [-0.25, -0.2) is 0 Å². The number of benzene rings is 1. The maximum absolute atomic E-state index is 5.75. The molecule has 1 aromatic carbocycles. The van der Waals surface area contributed by atoms with Crippen molar-refractivity contribution in [3.05, 3.63) is 35.1 Å². The molecule has 0 aliphatic heterocycles. The van der Waals surface area contributed by atoms with Crippen LogP contribution in [0.3, 0.4) is 0 Å². The fourth-order valence-corrected chi connectivity index (χ4v) is 1.78. The Morgan fingerprint density at radius 3 is 2.25 bits per heavy atom. The van der Waals surface area contributed by atoms with Crippen molar-refractivity contribution < 1.29 is 4.42 Å². The van der Waals surface area contributed by atoms with Gasteiger partial charge in [0.25, 0.3) is 0 Å². The summed E-state index contributed by atoms with van der Waals surface area (Å²) in [5.74, 6) is 0.745. The zero-order valence-corrected chi connectivity index (χ0v) is 12.6. The molecule has 106 valence electrons. The highest BCUT2D eigenvalue weighted by molar-refractivity contribution is 5.93. The molecule has 0 unspecified atom stereocenters. The van der Waals surface area contributed by atoms with E-state index in [1.54, 1.807) is 16.2 Å². The summed E-state index contributed by atoms with van der Waals surface area (Å²) in [5.41, 5.74) is 3.08. The third kappa shape index (κ3) is 3.38. The van der Waals surface area contributed by atoms with Gasteiger partial charge >= 0.3 is 0 Å². The first-order valence-electron chi connectivity index (χ1n) is 6.42. The first-order chi connectivity index (χ1) is 9.45. The van der Waals surface area contributed by atoms with Crippen molar-refractivity contribution in [2.75, 3.05) is 28.2 Å². The van der Waals surface area contributed by atoms with E-state index < -0.39 is 0 Å². The van der Waals surface area contributed by atoms with Crippen LogP contribution in [0.4, 0.5) is 0 Å². The normalized spacial score (nSPS) is 11.8. The molecule has 0 fully saturated rings. The summed E-state index contributed by atoms with van der Waals surface area (Å²) in [6.07, 6.45) is 3.57. The number of hydrogen-bond acceptors (Lipinski definition) is 5. The molecular weight excluding hydrogens is 252 g/mol. The van der Waals surface area contributed by atoms with Crippen molar-refractivity contribution in [1.82, 2.24) is 10.0 Å².